The van der Waals surface area contributed by atoms with E-state index < -0.39 is 11.6 Å². The normalized spacial score (nSPS) is 15.7. The monoisotopic (exact) mass is 386 g/mol. The lowest BCUT2D eigenvalue weighted by Crippen LogP contribution is -2.21. The number of nitrogens with zero attached hydrogens (tertiary/aromatic N) is 4. The fourth-order valence-electron chi connectivity index (χ4n) is 3.63. The molecule has 142 valence electrons. The third-order valence-corrected chi connectivity index (χ3v) is 5.12. The first-order valence-corrected chi connectivity index (χ1v) is 9.27. The molecule has 1 unspecified atom stereocenters. The van der Waals surface area contributed by atoms with E-state index in [0.717, 1.165) is 28.5 Å². The Morgan fingerprint density at radius 1 is 0.793 bits per heavy atom. The summed E-state index contributed by atoms with van der Waals surface area (Å²) in [7, 11) is 0. The first-order chi connectivity index (χ1) is 14.2. The van der Waals surface area contributed by atoms with Crippen molar-refractivity contribution in [2.45, 2.75) is 12.5 Å². The molecule has 1 aliphatic heterocycles. The van der Waals surface area contributed by atoms with Gasteiger partial charge in [0.25, 0.3) is 0 Å². The highest BCUT2D eigenvalue weighted by Crippen LogP contribution is 2.33. The van der Waals surface area contributed by atoms with Gasteiger partial charge in [-0.15, -0.1) is 0 Å². The van der Waals surface area contributed by atoms with Crippen LogP contribution in [0.25, 0.3) is 11.1 Å². The molecule has 0 spiro atoms. The number of benzene rings is 3. The van der Waals surface area contributed by atoms with Crippen molar-refractivity contribution in [3.63, 3.8) is 0 Å². The van der Waals surface area contributed by atoms with Gasteiger partial charge in [-0.3, -0.25) is 0 Å². The summed E-state index contributed by atoms with van der Waals surface area (Å²) >= 11 is 0. The first-order valence-electron chi connectivity index (χ1n) is 9.27. The van der Waals surface area contributed by atoms with Gasteiger partial charge < -0.3 is 0 Å². The summed E-state index contributed by atoms with van der Waals surface area (Å²) in [4.78, 5) is 8.84. The molecule has 1 atom stereocenters. The van der Waals surface area contributed by atoms with Gasteiger partial charge in [0, 0.05) is 6.42 Å². The maximum atomic E-state index is 13.8. The largest absolute Gasteiger partial charge is 0.248 e. The third-order valence-electron chi connectivity index (χ3n) is 5.12. The molecule has 0 bridgehead atoms. The molecule has 0 N–H and O–H groups in total. The topological polar surface area (TPSA) is 43.1 Å². The van der Waals surface area contributed by atoms with Crippen LogP contribution in [0.4, 0.5) is 14.7 Å². The van der Waals surface area contributed by atoms with Crippen LogP contribution in [0.2, 0.25) is 0 Å². The molecular weight excluding hydrogens is 370 g/mol. The van der Waals surface area contributed by atoms with Gasteiger partial charge in [-0.2, -0.15) is 10.1 Å². The molecule has 0 saturated carbocycles. The Labute approximate surface area is 166 Å². The fourth-order valence-corrected chi connectivity index (χ4v) is 3.63. The molecule has 4 aromatic rings. The van der Waals surface area contributed by atoms with Crippen LogP contribution in [-0.2, 0) is 0 Å². The summed E-state index contributed by atoms with van der Waals surface area (Å²) in [6.45, 7) is 0. The molecule has 0 amide bonds. The molecule has 0 saturated heterocycles. The summed E-state index contributed by atoms with van der Waals surface area (Å²) in [5.41, 5.74) is 4.69. The van der Waals surface area contributed by atoms with E-state index in [0.29, 0.717) is 17.9 Å². The molecule has 0 fully saturated rings. The van der Waals surface area contributed by atoms with Crippen LogP contribution >= 0.6 is 0 Å². The summed E-state index contributed by atoms with van der Waals surface area (Å²) < 4.78 is 28.8. The zero-order valence-electron chi connectivity index (χ0n) is 15.3. The Balaban J connectivity index is 1.50. The number of aliphatic imine (C=N–C) groups is 1. The Bertz CT molecular complexity index is 1200. The van der Waals surface area contributed by atoms with Crippen molar-refractivity contribution in [2.75, 3.05) is 0 Å². The highest BCUT2D eigenvalue weighted by atomic mass is 19.2. The number of rotatable bonds is 3. The first kappa shape index (κ1) is 17.4. The number of hydrogen-bond acceptors (Lipinski definition) is 3. The molecule has 1 aromatic heterocycles. The van der Waals surface area contributed by atoms with Crippen molar-refractivity contribution >= 4 is 11.7 Å². The van der Waals surface area contributed by atoms with Crippen molar-refractivity contribution < 1.29 is 8.78 Å². The smallest absolute Gasteiger partial charge is 0.222 e. The molecule has 1 aliphatic rings. The van der Waals surface area contributed by atoms with Crippen LogP contribution < -0.4 is 0 Å². The minimum Gasteiger partial charge on any atom is -0.222 e. The number of fused-ring (bicyclic) bond motifs is 1. The molecule has 5 rings (SSSR count). The van der Waals surface area contributed by atoms with E-state index in [-0.39, 0.29) is 6.04 Å². The van der Waals surface area contributed by atoms with Gasteiger partial charge >= 0.3 is 0 Å². The lowest BCUT2D eigenvalue weighted by molar-refractivity contribution is 0.493. The summed E-state index contributed by atoms with van der Waals surface area (Å²) in [5, 5.41) is 4.23. The molecule has 4 nitrogen and oxygen atoms in total. The number of hydrogen-bond donors (Lipinski definition) is 0. The third kappa shape index (κ3) is 3.23. The van der Waals surface area contributed by atoms with Crippen LogP contribution in [0, 0.1) is 11.6 Å². The fraction of sp³-hybridized carbons (Fsp3) is 0.0870. The van der Waals surface area contributed by atoms with Gasteiger partial charge in [0.05, 0.1) is 11.8 Å². The zero-order chi connectivity index (χ0) is 19.8. The highest BCUT2D eigenvalue weighted by molar-refractivity contribution is 6.03. The average Bonchev–Trinajstić information content (AvgIpc) is 3.24. The molecule has 6 heteroatoms. The van der Waals surface area contributed by atoms with E-state index in [1.165, 1.54) is 12.4 Å². The SMILES string of the molecule is Fc1ccc(C2CC(c3ccc(-c4ccccc4)cc3)=Nc3ncnn32)cc1F. The highest BCUT2D eigenvalue weighted by Gasteiger charge is 2.26. The van der Waals surface area contributed by atoms with Crippen molar-refractivity contribution in [3.8, 4) is 11.1 Å². The van der Waals surface area contributed by atoms with Crippen molar-refractivity contribution in [1.29, 1.82) is 0 Å². The average molecular weight is 386 g/mol. The molecule has 2 heterocycles. The standard InChI is InChI=1S/C23H16F2N4/c24-19-11-10-18(12-20(19)25)22-13-21(28-23-26-14-27-29(22)23)17-8-6-16(7-9-17)15-4-2-1-3-5-15/h1-12,14,22H,13H2. The number of aromatic nitrogens is 3. The van der Waals surface area contributed by atoms with Gasteiger partial charge in [0.2, 0.25) is 5.95 Å². The Morgan fingerprint density at radius 2 is 1.52 bits per heavy atom. The van der Waals surface area contributed by atoms with Crippen molar-refractivity contribution in [3.05, 3.63) is 102 Å². The van der Waals surface area contributed by atoms with Crippen molar-refractivity contribution in [1.82, 2.24) is 14.8 Å². The lowest BCUT2D eigenvalue weighted by atomic mass is 9.95. The van der Waals surface area contributed by atoms with Crippen LogP contribution in [0.15, 0.2) is 84.1 Å². The minimum absolute atomic E-state index is 0.302. The van der Waals surface area contributed by atoms with E-state index in [2.05, 4.69) is 39.3 Å². The van der Waals surface area contributed by atoms with E-state index in [9.17, 15) is 8.78 Å². The van der Waals surface area contributed by atoms with Gasteiger partial charge in [-0.25, -0.2) is 18.5 Å². The van der Waals surface area contributed by atoms with Crippen LogP contribution in [0.5, 0.6) is 0 Å². The Kier molecular flexibility index (Phi) is 4.24. The maximum absolute atomic E-state index is 13.8. The van der Waals surface area contributed by atoms with Gasteiger partial charge in [0.15, 0.2) is 11.6 Å². The lowest BCUT2D eigenvalue weighted by Gasteiger charge is -2.24. The van der Waals surface area contributed by atoms with Crippen LogP contribution in [0.1, 0.15) is 23.6 Å². The molecule has 0 aliphatic carbocycles. The van der Waals surface area contributed by atoms with Gasteiger partial charge in [-0.1, -0.05) is 60.7 Å². The second kappa shape index (κ2) is 7.05. The van der Waals surface area contributed by atoms with Crippen LogP contribution in [-0.4, -0.2) is 20.5 Å². The van der Waals surface area contributed by atoms with E-state index in [4.69, 9.17) is 0 Å². The van der Waals surface area contributed by atoms with Crippen LogP contribution in [0.3, 0.4) is 0 Å². The second-order valence-corrected chi connectivity index (χ2v) is 6.90. The summed E-state index contributed by atoms with van der Waals surface area (Å²) in [6, 6.07) is 21.9. The summed E-state index contributed by atoms with van der Waals surface area (Å²) in [6.07, 6.45) is 1.93. The van der Waals surface area contributed by atoms with E-state index in [1.54, 1.807) is 10.7 Å². The molecule has 29 heavy (non-hydrogen) atoms. The van der Waals surface area contributed by atoms with E-state index in [1.807, 2.05) is 30.3 Å². The predicted octanol–water partition coefficient (Wildman–Crippen LogP) is 5.34. The molecule has 0 radical (unpaired) electrons. The van der Waals surface area contributed by atoms with Gasteiger partial charge in [0.1, 0.15) is 6.33 Å². The molecule has 3 aromatic carbocycles. The Morgan fingerprint density at radius 3 is 2.28 bits per heavy atom. The number of halogens is 2. The maximum Gasteiger partial charge on any atom is 0.248 e. The zero-order valence-corrected chi connectivity index (χ0v) is 15.3. The predicted molar refractivity (Wildman–Crippen MR) is 107 cm³/mol. The Hall–Kier alpha value is -3.67. The van der Waals surface area contributed by atoms with E-state index >= 15 is 0 Å². The van der Waals surface area contributed by atoms with Gasteiger partial charge in [-0.05, 0) is 34.4 Å². The minimum atomic E-state index is -0.875. The summed E-state index contributed by atoms with van der Waals surface area (Å²) in [5.74, 6) is -1.29. The quantitative estimate of drug-likeness (QED) is 0.477. The second-order valence-electron chi connectivity index (χ2n) is 6.90. The molecular formula is C23H16F2N4. The van der Waals surface area contributed by atoms with Crippen molar-refractivity contribution in [2.24, 2.45) is 4.99 Å².